The van der Waals surface area contributed by atoms with E-state index < -0.39 is 0 Å². The van der Waals surface area contributed by atoms with E-state index in [1.807, 2.05) is 31.3 Å². The lowest BCUT2D eigenvalue weighted by atomic mass is 10.1. The summed E-state index contributed by atoms with van der Waals surface area (Å²) in [6.45, 7) is 1.68. The van der Waals surface area contributed by atoms with Gasteiger partial charge in [-0.05, 0) is 54.7 Å². The van der Waals surface area contributed by atoms with Crippen molar-refractivity contribution in [2.75, 3.05) is 41.4 Å². The summed E-state index contributed by atoms with van der Waals surface area (Å²) >= 11 is 0. The Balaban J connectivity index is 1.78. The van der Waals surface area contributed by atoms with E-state index in [0.717, 1.165) is 49.8 Å². The average Bonchev–Trinajstić information content (AvgIpc) is 2.73. The average molecular weight is 386 g/mol. The summed E-state index contributed by atoms with van der Waals surface area (Å²) in [6.07, 6.45) is 2.83. The monoisotopic (exact) mass is 385 g/mol. The molecule has 0 aliphatic carbocycles. The summed E-state index contributed by atoms with van der Waals surface area (Å²) in [7, 11) is 7.13. The molecule has 0 heterocycles. The molecular weight excluding hydrogens is 354 g/mol. The minimum Gasteiger partial charge on any atom is -0.508 e. The molecule has 0 saturated heterocycles. The first-order valence-electron chi connectivity index (χ1n) is 9.48. The highest BCUT2D eigenvalue weighted by atomic mass is 16.5. The van der Waals surface area contributed by atoms with Gasteiger partial charge >= 0.3 is 0 Å². The molecule has 0 saturated carbocycles. The molecule has 0 fully saturated rings. The van der Waals surface area contributed by atoms with E-state index in [0.29, 0.717) is 5.75 Å². The quantitative estimate of drug-likeness (QED) is 0.394. The molecule has 2 aromatic rings. The topological polar surface area (TPSA) is 66.3 Å². The largest absolute Gasteiger partial charge is 0.508 e. The molecule has 0 aliphatic rings. The van der Waals surface area contributed by atoms with Crippen molar-refractivity contribution >= 4 is 5.96 Å². The smallest absolute Gasteiger partial charge is 0.193 e. The summed E-state index contributed by atoms with van der Waals surface area (Å²) in [6, 6.07) is 13.4. The van der Waals surface area contributed by atoms with Crippen LogP contribution in [-0.2, 0) is 12.8 Å². The second-order valence-corrected chi connectivity index (χ2v) is 6.60. The number of phenols is 1. The molecule has 6 heteroatoms. The van der Waals surface area contributed by atoms with Gasteiger partial charge in [0.2, 0.25) is 0 Å². The van der Waals surface area contributed by atoms with E-state index in [4.69, 9.17) is 9.47 Å². The minimum absolute atomic E-state index is 0.304. The van der Waals surface area contributed by atoms with Crippen LogP contribution in [0.25, 0.3) is 0 Å². The molecular formula is C22H31N3O3. The van der Waals surface area contributed by atoms with Crippen LogP contribution >= 0.6 is 0 Å². The van der Waals surface area contributed by atoms with Crippen LogP contribution in [-0.4, -0.2) is 57.4 Å². The number of phenolic OH excluding ortho intramolecular Hbond substituents is 1. The third-order valence-electron chi connectivity index (χ3n) is 4.62. The Labute approximate surface area is 167 Å². The van der Waals surface area contributed by atoms with Crippen LogP contribution in [0.5, 0.6) is 17.2 Å². The molecule has 0 unspecified atom stereocenters. The summed E-state index contributed by atoms with van der Waals surface area (Å²) in [5.74, 6) is 2.68. The first-order chi connectivity index (χ1) is 13.6. The van der Waals surface area contributed by atoms with Crippen molar-refractivity contribution in [1.82, 2.24) is 10.2 Å². The summed E-state index contributed by atoms with van der Waals surface area (Å²) in [5, 5.41) is 12.7. The van der Waals surface area contributed by atoms with Gasteiger partial charge in [0.25, 0.3) is 0 Å². The van der Waals surface area contributed by atoms with Crippen molar-refractivity contribution in [3.05, 3.63) is 53.6 Å². The van der Waals surface area contributed by atoms with Crippen molar-refractivity contribution in [3.8, 4) is 17.2 Å². The fourth-order valence-corrected chi connectivity index (χ4v) is 2.98. The highest BCUT2D eigenvalue weighted by Crippen LogP contribution is 2.27. The molecule has 0 spiro atoms. The minimum atomic E-state index is 0.304. The highest BCUT2D eigenvalue weighted by molar-refractivity contribution is 5.79. The zero-order chi connectivity index (χ0) is 20.4. The number of nitrogens with zero attached hydrogens (tertiary/aromatic N) is 2. The lowest BCUT2D eigenvalue weighted by Gasteiger charge is -2.22. The second-order valence-electron chi connectivity index (χ2n) is 6.60. The molecule has 152 valence electrons. The Bertz CT molecular complexity index is 760. The lowest BCUT2D eigenvalue weighted by molar-refractivity contribution is 0.354. The zero-order valence-corrected chi connectivity index (χ0v) is 17.2. The van der Waals surface area contributed by atoms with Crippen LogP contribution in [0.1, 0.15) is 17.5 Å². The Hall–Kier alpha value is -2.89. The molecule has 2 rings (SSSR count). The van der Waals surface area contributed by atoms with E-state index >= 15 is 0 Å². The number of likely N-dealkylation sites (N-methyl/N-ethyl adjacent to an activating group) is 1. The number of rotatable bonds is 9. The van der Waals surface area contributed by atoms with Gasteiger partial charge in [-0.1, -0.05) is 18.2 Å². The van der Waals surface area contributed by atoms with Gasteiger partial charge in [0.05, 0.1) is 14.2 Å². The van der Waals surface area contributed by atoms with Crippen molar-refractivity contribution in [2.45, 2.75) is 19.3 Å². The lowest BCUT2D eigenvalue weighted by Crippen LogP contribution is -2.40. The molecule has 0 aliphatic heterocycles. The number of ether oxygens (including phenoxy) is 2. The molecule has 0 atom stereocenters. The summed E-state index contributed by atoms with van der Waals surface area (Å²) in [5.41, 5.74) is 2.41. The van der Waals surface area contributed by atoms with Crippen LogP contribution in [0.2, 0.25) is 0 Å². The first-order valence-corrected chi connectivity index (χ1v) is 9.48. The highest BCUT2D eigenvalue weighted by Gasteiger charge is 2.08. The van der Waals surface area contributed by atoms with Gasteiger partial charge in [-0.25, -0.2) is 0 Å². The normalized spacial score (nSPS) is 11.2. The third kappa shape index (κ3) is 6.37. The van der Waals surface area contributed by atoms with Gasteiger partial charge in [-0.15, -0.1) is 0 Å². The molecule has 2 N–H and O–H groups in total. The van der Waals surface area contributed by atoms with Crippen LogP contribution < -0.4 is 14.8 Å². The van der Waals surface area contributed by atoms with E-state index in [1.54, 1.807) is 33.4 Å². The number of aryl methyl sites for hydroxylation is 1. The molecule has 28 heavy (non-hydrogen) atoms. The number of nitrogens with one attached hydrogen (secondary N) is 1. The van der Waals surface area contributed by atoms with Crippen molar-refractivity contribution in [2.24, 2.45) is 4.99 Å². The van der Waals surface area contributed by atoms with Gasteiger partial charge in [-0.2, -0.15) is 0 Å². The Morgan fingerprint density at radius 2 is 1.68 bits per heavy atom. The van der Waals surface area contributed by atoms with Crippen LogP contribution in [0.4, 0.5) is 0 Å². The number of aliphatic imine (C=N–C) groups is 1. The van der Waals surface area contributed by atoms with E-state index in [9.17, 15) is 5.11 Å². The van der Waals surface area contributed by atoms with Gasteiger partial charge in [0.1, 0.15) is 5.75 Å². The predicted octanol–water partition coefficient (Wildman–Crippen LogP) is 3.09. The first kappa shape index (κ1) is 21.4. The van der Waals surface area contributed by atoms with Crippen LogP contribution in [0, 0.1) is 0 Å². The third-order valence-corrected chi connectivity index (χ3v) is 4.62. The Morgan fingerprint density at radius 3 is 2.32 bits per heavy atom. The van der Waals surface area contributed by atoms with Gasteiger partial charge < -0.3 is 24.8 Å². The van der Waals surface area contributed by atoms with Crippen molar-refractivity contribution < 1.29 is 14.6 Å². The SMILES string of the molecule is CN=C(NCCCc1ccc(O)cc1)N(C)CCc1ccc(OC)c(OC)c1. The molecule has 0 bridgehead atoms. The van der Waals surface area contributed by atoms with E-state index in [1.165, 1.54) is 11.1 Å². The number of benzene rings is 2. The Morgan fingerprint density at radius 1 is 1.00 bits per heavy atom. The maximum Gasteiger partial charge on any atom is 0.193 e. The van der Waals surface area contributed by atoms with Gasteiger partial charge in [0.15, 0.2) is 17.5 Å². The molecule has 0 radical (unpaired) electrons. The van der Waals surface area contributed by atoms with Gasteiger partial charge in [0, 0.05) is 27.2 Å². The number of guanidine groups is 1. The van der Waals surface area contributed by atoms with E-state index in [-0.39, 0.29) is 0 Å². The van der Waals surface area contributed by atoms with E-state index in [2.05, 4.69) is 21.3 Å². The van der Waals surface area contributed by atoms with Crippen molar-refractivity contribution in [1.29, 1.82) is 0 Å². The molecule has 2 aromatic carbocycles. The maximum absolute atomic E-state index is 9.34. The molecule has 6 nitrogen and oxygen atoms in total. The fourth-order valence-electron chi connectivity index (χ4n) is 2.98. The summed E-state index contributed by atoms with van der Waals surface area (Å²) in [4.78, 5) is 6.49. The number of hydrogen-bond acceptors (Lipinski definition) is 4. The number of methoxy groups -OCH3 is 2. The number of aromatic hydroxyl groups is 1. The van der Waals surface area contributed by atoms with Gasteiger partial charge in [-0.3, -0.25) is 4.99 Å². The number of hydrogen-bond donors (Lipinski definition) is 2. The standard InChI is InChI=1S/C22H31N3O3/c1-23-22(24-14-5-6-17-7-10-19(26)11-8-17)25(2)15-13-18-9-12-20(27-3)21(16-18)28-4/h7-12,16,26H,5-6,13-15H2,1-4H3,(H,23,24). The predicted molar refractivity (Wildman–Crippen MR) is 114 cm³/mol. The maximum atomic E-state index is 9.34. The van der Waals surface area contributed by atoms with Crippen LogP contribution in [0.15, 0.2) is 47.5 Å². The zero-order valence-electron chi connectivity index (χ0n) is 17.2. The Kier molecular flexibility index (Phi) is 8.46. The second kappa shape index (κ2) is 11.1. The molecule has 0 amide bonds. The van der Waals surface area contributed by atoms with Crippen molar-refractivity contribution in [3.63, 3.8) is 0 Å². The summed E-state index contributed by atoms with van der Waals surface area (Å²) < 4.78 is 10.7. The fraction of sp³-hybridized carbons (Fsp3) is 0.409. The molecule has 0 aromatic heterocycles. The van der Waals surface area contributed by atoms with Crippen LogP contribution in [0.3, 0.4) is 0 Å².